The maximum absolute atomic E-state index is 6.11. The van der Waals surface area contributed by atoms with Crippen molar-refractivity contribution in [1.82, 2.24) is 5.32 Å². The van der Waals surface area contributed by atoms with Crippen LogP contribution in [0.15, 0.2) is 56.7 Å². The van der Waals surface area contributed by atoms with Gasteiger partial charge < -0.3 is 10.1 Å². The summed E-state index contributed by atoms with van der Waals surface area (Å²) in [5.74, 6) is 0. The molecule has 2 rings (SSSR count). The molecule has 21 heavy (non-hydrogen) atoms. The van der Waals surface area contributed by atoms with Crippen LogP contribution >= 0.6 is 39.3 Å². The maximum Gasteiger partial charge on any atom is 0.0587 e. The fraction of sp³-hybridized carbons (Fsp3) is 0.250. The van der Waals surface area contributed by atoms with Gasteiger partial charge in [0.2, 0.25) is 0 Å². The Morgan fingerprint density at radius 3 is 2.67 bits per heavy atom. The lowest BCUT2D eigenvalue weighted by atomic mass is 10.2. The summed E-state index contributed by atoms with van der Waals surface area (Å²) in [6.07, 6.45) is 0. The SMILES string of the molecule is COCCNCc1cc(Cl)ccc1Sc1ccc(Br)cc1. The lowest BCUT2D eigenvalue weighted by molar-refractivity contribution is 0.199. The van der Waals surface area contributed by atoms with E-state index in [1.165, 1.54) is 15.4 Å². The third kappa shape index (κ3) is 5.64. The highest BCUT2D eigenvalue weighted by atomic mass is 79.9. The molecule has 0 saturated heterocycles. The highest BCUT2D eigenvalue weighted by Gasteiger charge is 2.06. The number of hydrogen-bond donors (Lipinski definition) is 1. The van der Waals surface area contributed by atoms with Gasteiger partial charge in [-0.15, -0.1) is 0 Å². The summed E-state index contributed by atoms with van der Waals surface area (Å²) >= 11 is 11.3. The van der Waals surface area contributed by atoms with Crippen LogP contribution in [0.4, 0.5) is 0 Å². The zero-order valence-electron chi connectivity index (χ0n) is 11.7. The highest BCUT2D eigenvalue weighted by molar-refractivity contribution is 9.10. The fourth-order valence-corrected chi connectivity index (χ4v) is 3.20. The van der Waals surface area contributed by atoms with Crippen LogP contribution in [-0.2, 0) is 11.3 Å². The molecule has 0 atom stereocenters. The molecule has 0 saturated carbocycles. The predicted octanol–water partition coefficient (Wildman–Crippen LogP) is 4.99. The van der Waals surface area contributed by atoms with Gasteiger partial charge in [0, 0.05) is 39.5 Å². The molecule has 0 fully saturated rings. The summed E-state index contributed by atoms with van der Waals surface area (Å²) in [5, 5.41) is 4.12. The van der Waals surface area contributed by atoms with Gasteiger partial charge in [-0.2, -0.15) is 0 Å². The molecule has 112 valence electrons. The standard InChI is InChI=1S/C16H17BrClNOS/c1-20-9-8-19-11-12-10-14(18)4-7-16(12)21-15-5-2-13(17)3-6-15/h2-7,10,19H,8-9,11H2,1H3. The van der Waals surface area contributed by atoms with E-state index in [-0.39, 0.29) is 0 Å². The van der Waals surface area contributed by atoms with Crippen LogP contribution in [0.2, 0.25) is 5.02 Å². The Hall–Kier alpha value is -0.520. The number of hydrogen-bond acceptors (Lipinski definition) is 3. The van der Waals surface area contributed by atoms with Crippen molar-refractivity contribution >= 4 is 39.3 Å². The van der Waals surface area contributed by atoms with E-state index in [1.807, 2.05) is 12.1 Å². The predicted molar refractivity (Wildman–Crippen MR) is 93.3 cm³/mol. The first-order valence-electron chi connectivity index (χ1n) is 6.60. The van der Waals surface area contributed by atoms with Gasteiger partial charge in [0.25, 0.3) is 0 Å². The van der Waals surface area contributed by atoms with Gasteiger partial charge in [0.1, 0.15) is 0 Å². The van der Waals surface area contributed by atoms with Gasteiger partial charge >= 0.3 is 0 Å². The molecule has 0 heterocycles. The summed E-state index contributed by atoms with van der Waals surface area (Å²) in [7, 11) is 1.70. The van der Waals surface area contributed by atoms with Crippen LogP contribution in [-0.4, -0.2) is 20.3 Å². The molecular weight excluding hydrogens is 370 g/mol. The zero-order chi connectivity index (χ0) is 15.1. The molecule has 0 aromatic heterocycles. The maximum atomic E-state index is 6.11. The Morgan fingerprint density at radius 2 is 1.95 bits per heavy atom. The molecule has 1 N–H and O–H groups in total. The molecule has 0 aliphatic heterocycles. The molecule has 2 aromatic carbocycles. The lowest BCUT2D eigenvalue weighted by Crippen LogP contribution is -2.18. The molecule has 0 amide bonds. The summed E-state index contributed by atoms with van der Waals surface area (Å²) in [4.78, 5) is 2.42. The quantitative estimate of drug-likeness (QED) is 0.677. The van der Waals surface area contributed by atoms with Crippen LogP contribution in [0.25, 0.3) is 0 Å². The summed E-state index contributed by atoms with van der Waals surface area (Å²) < 4.78 is 6.13. The van der Waals surface area contributed by atoms with Gasteiger partial charge in [-0.1, -0.05) is 39.3 Å². The first-order chi connectivity index (χ1) is 10.2. The first-order valence-corrected chi connectivity index (χ1v) is 8.59. The minimum atomic E-state index is 0.704. The Labute approximate surface area is 143 Å². The molecule has 0 aliphatic carbocycles. The van der Waals surface area contributed by atoms with Gasteiger partial charge in [0.05, 0.1) is 6.61 Å². The van der Waals surface area contributed by atoms with Crippen molar-refractivity contribution in [3.05, 3.63) is 57.5 Å². The number of halogens is 2. The van der Waals surface area contributed by atoms with Crippen molar-refractivity contribution < 1.29 is 4.74 Å². The number of methoxy groups -OCH3 is 1. The van der Waals surface area contributed by atoms with Crippen LogP contribution in [0.3, 0.4) is 0 Å². The molecule has 0 bridgehead atoms. The van der Waals surface area contributed by atoms with Crippen molar-refractivity contribution in [2.75, 3.05) is 20.3 Å². The fourth-order valence-electron chi connectivity index (χ4n) is 1.81. The molecule has 2 aromatic rings. The molecular formula is C16H17BrClNOS. The van der Waals surface area contributed by atoms with Gasteiger partial charge in [0.15, 0.2) is 0 Å². The van der Waals surface area contributed by atoms with Crippen LogP contribution in [0, 0.1) is 0 Å². The average molecular weight is 387 g/mol. The number of rotatable bonds is 7. The number of benzene rings is 2. The smallest absolute Gasteiger partial charge is 0.0587 e. The molecule has 2 nitrogen and oxygen atoms in total. The van der Waals surface area contributed by atoms with E-state index in [1.54, 1.807) is 18.9 Å². The second-order valence-corrected chi connectivity index (χ2v) is 6.95. The van der Waals surface area contributed by atoms with Gasteiger partial charge in [-0.25, -0.2) is 0 Å². The topological polar surface area (TPSA) is 21.3 Å². The lowest BCUT2D eigenvalue weighted by Gasteiger charge is -2.11. The van der Waals surface area contributed by atoms with Gasteiger partial charge in [-0.05, 0) is 48.0 Å². The molecule has 5 heteroatoms. The third-order valence-corrected chi connectivity index (χ3v) is 4.75. The molecule has 0 aliphatic rings. The second-order valence-electron chi connectivity index (χ2n) is 4.48. The van der Waals surface area contributed by atoms with Crippen molar-refractivity contribution in [1.29, 1.82) is 0 Å². The van der Waals surface area contributed by atoms with Gasteiger partial charge in [-0.3, -0.25) is 0 Å². The summed E-state index contributed by atoms with van der Waals surface area (Å²) in [6.45, 7) is 2.31. The van der Waals surface area contributed by atoms with E-state index in [4.69, 9.17) is 16.3 Å². The Kier molecular flexibility index (Phi) is 7.07. The number of nitrogens with one attached hydrogen (secondary N) is 1. The molecule has 0 spiro atoms. The third-order valence-electron chi connectivity index (χ3n) is 2.86. The van der Waals surface area contributed by atoms with Crippen LogP contribution in [0.1, 0.15) is 5.56 Å². The Balaban J connectivity index is 2.08. The minimum absolute atomic E-state index is 0.704. The zero-order valence-corrected chi connectivity index (χ0v) is 14.9. The Morgan fingerprint density at radius 1 is 1.19 bits per heavy atom. The minimum Gasteiger partial charge on any atom is -0.383 e. The summed E-state index contributed by atoms with van der Waals surface area (Å²) in [6, 6.07) is 14.3. The van der Waals surface area contributed by atoms with E-state index in [9.17, 15) is 0 Å². The first kappa shape index (κ1) is 16.8. The average Bonchev–Trinajstić information content (AvgIpc) is 2.48. The van der Waals surface area contributed by atoms with Crippen molar-refractivity contribution in [2.24, 2.45) is 0 Å². The van der Waals surface area contributed by atoms with Crippen LogP contribution < -0.4 is 5.32 Å². The molecule has 0 radical (unpaired) electrons. The largest absolute Gasteiger partial charge is 0.383 e. The van der Waals surface area contributed by atoms with E-state index in [0.29, 0.717) is 6.61 Å². The molecule has 0 unspecified atom stereocenters. The van der Waals surface area contributed by atoms with E-state index < -0.39 is 0 Å². The van der Waals surface area contributed by atoms with Crippen molar-refractivity contribution in [2.45, 2.75) is 16.3 Å². The van der Waals surface area contributed by atoms with Crippen LogP contribution in [0.5, 0.6) is 0 Å². The van der Waals surface area contributed by atoms with Crippen molar-refractivity contribution in [3.63, 3.8) is 0 Å². The van der Waals surface area contributed by atoms with E-state index in [0.717, 1.165) is 22.6 Å². The number of ether oxygens (including phenoxy) is 1. The van der Waals surface area contributed by atoms with E-state index >= 15 is 0 Å². The summed E-state index contributed by atoms with van der Waals surface area (Å²) in [5.41, 5.74) is 1.20. The van der Waals surface area contributed by atoms with E-state index in [2.05, 4.69) is 51.6 Å². The monoisotopic (exact) mass is 385 g/mol. The Bertz CT molecular complexity index is 577. The normalized spacial score (nSPS) is 10.8. The van der Waals surface area contributed by atoms with Crippen molar-refractivity contribution in [3.8, 4) is 0 Å². The second kappa shape index (κ2) is 8.81. The highest BCUT2D eigenvalue weighted by Crippen LogP contribution is 2.32.